The molecule has 0 aromatic heterocycles. The van der Waals surface area contributed by atoms with E-state index in [9.17, 15) is 5.11 Å². The van der Waals surface area contributed by atoms with Crippen molar-refractivity contribution in [3.05, 3.63) is 71.8 Å². The molecule has 5 heteroatoms. The molecule has 0 aliphatic heterocycles. The van der Waals surface area contributed by atoms with Crippen molar-refractivity contribution in [2.45, 2.75) is 258 Å². The van der Waals surface area contributed by atoms with Crippen LogP contribution in [-0.2, 0) is 27.1 Å². The minimum Gasteiger partial charge on any atom is -0.414 e. The Balaban J connectivity index is 0.000000646. The summed E-state index contributed by atoms with van der Waals surface area (Å²) in [6.45, 7) is 17.8. The van der Waals surface area contributed by atoms with Crippen LogP contribution in [0.25, 0.3) is 0 Å². The number of unbranched alkanes of at least 4 members (excludes halogenated alkanes) is 24. The highest BCUT2D eigenvalue weighted by Gasteiger charge is 2.37. The lowest BCUT2D eigenvalue weighted by Gasteiger charge is -2.37. The van der Waals surface area contributed by atoms with Crippen LogP contribution in [0.15, 0.2) is 60.7 Å². The Hall–Kier alpha value is -2.38. The molecule has 4 nitrogen and oxygen atoms in total. The molecular weight excluding hydrogens is 789 g/mol. The Morgan fingerprint density at radius 2 is 0.810 bits per heavy atom. The molecule has 2 aromatic rings. The molecule has 1 N–H and O–H groups in total. The van der Waals surface area contributed by atoms with Gasteiger partial charge in [0.15, 0.2) is 8.32 Å². The van der Waals surface area contributed by atoms with E-state index in [1.54, 1.807) is 0 Å². The number of ether oxygens (including phenoxy) is 2. The van der Waals surface area contributed by atoms with Gasteiger partial charge in [0, 0.05) is 25.7 Å². The van der Waals surface area contributed by atoms with Crippen LogP contribution in [0.5, 0.6) is 0 Å². The molecule has 0 spiro atoms. The van der Waals surface area contributed by atoms with Crippen LogP contribution < -0.4 is 0 Å². The van der Waals surface area contributed by atoms with Gasteiger partial charge in [-0.1, -0.05) is 237 Å². The summed E-state index contributed by atoms with van der Waals surface area (Å²) < 4.78 is 18.5. The van der Waals surface area contributed by atoms with Crippen molar-refractivity contribution in [2.75, 3.05) is 13.2 Å². The van der Waals surface area contributed by atoms with E-state index in [2.05, 4.69) is 95.7 Å². The first-order valence-corrected chi connectivity index (χ1v) is 29.0. The van der Waals surface area contributed by atoms with Crippen molar-refractivity contribution in [1.29, 1.82) is 0 Å². The first kappa shape index (κ1) is 58.6. The quantitative estimate of drug-likeness (QED) is 0.0421. The van der Waals surface area contributed by atoms with Crippen molar-refractivity contribution < 1.29 is 19.0 Å². The molecule has 2 atom stereocenters. The van der Waals surface area contributed by atoms with Gasteiger partial charge in [-0.05, 0) is 42.1 Å². The summed E-state index contributed by atoms with van der Waals surface area (Å²) >= 11 is 0. The van der Waals surface area contributed by atoms with Gasteiger partial charge in [-0.2, -0.15) is 0 Å². The molecule has 63 heavy (non-hydrogen) atoms. The summed E-state index contributed by atoms with van der Waals surface area (Å²) in [4.78, 5) is 0. The Bertz CT molecular complexity index is 1400. The number of hydrogen-bond donors (Lipinski definition) is 1. The van der Waals surface area contributed by atoms with Crippen molar-refractivity contribution >= 4 is 8.32 Å². The van der Waals surface area contributed by atoms with Crippen LogP contribution >= 0.6 is 0 Å². The predicted molar refractivity (Wildman–Crippen MR) is 276 cm³/mol. The van der Waals surface area contributed by atoms with Crippen LogP contribution in [0, 0.1) is 23.7 Å². The van der Waals surface area contributed by atoms with Crippen LogP contribution in [0.2, 0.25) is 18.1 Å². The summed E-state index contributed by atoms with van der Waals surface area (Å²) in [6.07, 6.45) is 36.3. The first-order valence-electron chi connectivity index (χ1n) is 26.1. The smallest absolute Gasteiger partial charge is 0.192 e. The van der Waals surface area contributed by atoms with Gasteiger partial charge in [0.1, 0.15) is 0 Å². The van der Waals surface area contributed by atoms with E-state index < -0.39 is 8.32 Å². The maximum atomic E-state index is 9.43. The lowest BCUT2D eigenvalue weighted by atomic mass is 10.0. The molecule has 0 aliphatic rings. The molecule has 2 rings (SSSR count). The highest BCUT2D eigenvalue weighted by molar-refractivity contribution is 6.74. The third kappa shape index (κ3) is 35.5. The molecule has 2 aromatic carbocycles. The summed E-state index contributed by atoms with van der Waals surface area (Å²) in [6, 6.07) is 20.5. The molecule has 0 saturated carbocycles. The van der Waals surface area contributed by atoms with Crippen LogP contribution in [0.1, 0.15) is 226 Å². The Morgan fingerprint density at radius 3 is 1.16 bits per heavy atom. The fourth-order valence-corrected chi connectivity index (χ4v) is 8.13. The van der Waals surface area contributed by atoms with E-state index in [0.717, 1.165) is 24.8 Å². The maximum absolute atomic E-state index is 9.43. The van der Waals surface area contributed by atoms with Crippen LogP contribution in [-0.4, -0.2) is 38.8 Å². The second-order valence-corrected chi connectivity index (χ2v) is 24.3. The first-order chi connectivity index (χ1) is 30.6. The van der Waals surface area contributed by atoms with E-state index in [1.165, 1.54) is 160 Å². The van der Waals surface area contributed by atoms with Crippen molar-refractivity contribution in [2.24, 2.45) is 0 Å². The molecular formula is C58H98O4Si. The number of benzene rings is 2. The predicted octanol–water partition coefficient (Wildman–Crippen LogP) is 17.1. The number of aliphatic hydroxyl groups excluding tert-OH is 1. The largest absolute Gasteiger partial charge is 0.414 e. The molecule has 0 saturated heterocycles. The lowest BCUT2D eigenvalue weighted by molar-refractivity contribution is 0.00599. The van der Waals surface area contributed by atoms with Crippen molar-refractivity contribution in [3.63, 3.8) is 0 Å². The van der Waals surface area contributed by atoms with E-state index in [-0.39, 0.29) is 23.9 Å². The minimum absolute atomic E-state index is 0.0267. The van der Waals surface area contributed by atoms with Crippen LogP contribution in [0.4, 0.5) is 0 Å². The fourth-order valence-electron chi connectivity index (χ4n) is 7.09. The number of aliphatic hydroxyl groups is 1. The zero-order valence-electron chi connectivity index (χ0n) is 42.2. The second-order valence-electron chi connectivity index (χ2n) is 19.5. The van der Waals surface area contributed by atoms with Gasteiger partial charge >= 0.3 is 0 Å². The van der Waals surface area contributed by atoms with Gasteiger partial charge in [-0.15, -0.1) is 23.7 Å². The van der Waals surface area contributed by atoms with Crippen molar-refractivity contribution in [3.8, 4) is 23.7 Å². The Kier molecular flexibility index (Phi) is 38.2. The molecule has 358 valence electrons. The van der Waals surface area contributed by atoms with E-state index in [0.29, 0.717) is 26.2 Å². The molecule has 0 aliphatic carbocycles. The van der Waals surface area contributed by atoms with E-state index in [4.69, 9.17) is 13.9 Å². The normalized spacial score (nSPS) is 12.4. The van der Waals surface area contributed by atoms with Crippen LogP contribution in [0.3, 0.4) is 0 Å². The highest BCUT2D eigenvalue weighted by atomic mass is 28.4. The number of rotatable bonds is 36. The SMILES string of the molecule is CCCCCCCCCCCCCCC#CC[C@H](CO)OCc1ccccc1.CCCCCCCCCCCCCCC#CC[C@H](CO[Si](C)(C)C(C)(C)C)OCc1ccccc1. The third-order valence-electron chi connectivity index (χ3n) is 12.5. The van der Waals surface area contributed by atoms with Gasteiger partial charge in [0.2, 0.25) is 0 Å². The van der Waals surface area contributed by atoms with E-state index >= 15 is 0 Å². The summed E-state index contributed by atoms with van der Waals surface area (Å²) in [7, 11) is -1.79. The zero-order valence-corrected chi connectivity index (χ0v) is 43.2. The Labute approximate surface area is 392 Å². The molecule has 0 unspecified atom stereocenters. The van der Waals surface area contributed by atoms with Gasteiger partial charge in [0.25, 0.3) is 0 Å². The highest BCUT2D eigenvalue weighted by Crippen LogP contribution is 2.36. The standard InChI is InChI=1S/C32H56O2Si.C26H42O2/c1-7-8-9-10-11-12-13-14-15-16-17-18-19-20-24-27-31(29-34-35(5,6)32(2,3)4)33-28-30-25-22-21-23-26-30;1-2-3-4-5-6-7-8-9-10-11-12-13-14-15-19-22-26(23-27)28-24-25-20-17-16-18-21-25/h21-23,25-26,31H,7-19,27-29H2,1-6H3;16-18,20-21,26-27H,2-14,22-24H2,1H3/t31-;26-/m11/s1. The molecule has 0 bridgehead atoms. The average Bonchev–Trinajstić information content (AvgIpc) is 3.28. The van der Waals surface area contributed by atoms with Crippen molar-refractivity contribution in [1.82, 2.24) is 0 Å². The molecule has 0 fully saturated rings. The maximum Gasteiger partial charge on any atom is 0.192 e. The summed E-state index contributed by atoms with van der Waals surface area (Å²) in [5, 5.41) is 9.63. The minimum atomic E-state index is -1.79. The fraction of sp³-hybridized carbons (Fsp3) is 0.724. The van der Waals surface area contributed by atoms with Gasteiger partial charge in [-0.25, -0.2) is 0 Å². The lowest BCUT2D eigenvalue weighted by Crippen LogP contribution is -2.43. The molecule has 0 heterocycles. The second kappa shape index (κ2) is 41.1. The van der Waals surface area contributed by atoms with Gasteiger partial charge < -0.3 is 19.0 Å². The topological polar surface area (TPSA) is 47.9 Å². The third-order valence-corrected chi connectivity index (χ3v) is 17.0. The van der Waals surface area contributed by atoms with Gasteiger partial charge in [-0.3, -0.25) is 0 Å². The molecule has 0 radical (unpaired) electrons. The van der Waals surface area contributed by atoms with Gasteiger partial charge in [0.05, 0.1) is 38.6 Å². The zero-order chi connectivity index (χ0) is 46.0. The summed E-state index contributed by atoms with van der Waals surface area (Å²) in [5.74, 6) is 13.2. The monoisotopic (exact) mass is 887 g/mol. The molecule has 0 amide bonds. The Morgan fingerprint density at radius 1 is 0.476 bits per heavy atom. The summed E-state index contributed by atoms with van der Waals surface area (Å²) in [5.41, 5.74) is 2.33. The average molecular weight is 888 g/mol. The number of hydrogen-bond acceptors (Lipinski definition) is 4. The van der Waals surface area contributed by atoms with E-state index in [1.807, 2.05) is 36.4 Å².